The van der Waals surface area contributed by atoms with Crippen molar-refractivity contribution >= 4 is 27.0 Å². The molecule has 0 amide bonds. The lowest BCUT2D eigenvalue weighted by molar-refractivity contribution is 0.241. The van der Waals surface area contributed by atoms with Crippen LogP contribution in [-0.4, -0.2) is 16.6 Å². The molecule has 0 N–H and O–H groups in total. The van der Waals surface area contributed by atoms with E-state index in [2.05, 4.69) is 22.6 Å². The topological polar surface area (TPSA) is 27.7 Å². The Bertz CT molecular complexity index is 979. The molecular formula is C22H20F6O3Si2. The Morgan fingerprint density at radius 3 is 1.18 bits per heavy atom. The quantitative estimate of drug-likeness (QED) is 0.219. The van der Waals surface area contributed by atoms with E-state index in [1.54, 1.807) is 35.7 Å². The molecule has 176 valence electrons. The largest absolute Gasteiger partial charge is 0.443 e. The predicted octanol–water partition coefficient (Wildman–Crippen LogP) is 6.25. The number of benzene rings is 2. The highest BCUT2D eigenvalue weighted by Crippen LogP contribution is 2.23. The third kappa shape index (κ3) is 6.49. The van der Waals surface area contributed by atoms with Gasteiger partial charge in [-0.2, -0.15) is 26.3 Å². The second kappa shape index (κ2) is 10.7. The van der Waals surface area contributed by atoms with Crippen LogP contribution in [0.1, 0.15) is 0 Å². The summed E-state index contributed by atoms with van der Waals surface area (Å²) in [6, 6.07) is 7.66. The lowest BCUT2D eigenvalue weighted by atomic mass is 10.3. The first-order valence-corrected chi connectivity index (χ1v) is 14.4. The van der Waals surface area contributed by atoms with Gasteiger partial charge in [0.05, 0.1) is 0 Å². The van der Waals surface area contributed by atoms with Crippen LogP contribution in [0.25, 0.3) is 0 Å². The summed E-state index contributed by atoms with van der Waals surface area (Å²) < 4.78 is 90.4. The maximum atomic E-state index is 13.0. The average Bonchev–Trinajstić information content (AvgIpc) is 2.79. The van der Waals surface area contributed by atoms with Gasteiger partial charge in [0.25, 0.3) is 0 Å². The van der Waals surface area contributed by atoms with Gasteiger partial charge in [0, 0.05) is 0 Å². The molecular weight excluding hydrogens is 482 g/mol. The van der Waals surface area contributed by atoms with Gasteiger partial charge in [-0.3, -0.25) is 0 Å². The number of rotatable bonds is 10. The van der Waals surface area contributed by atoms with Crippen molar-refractivity contribution in [1.82, 2.24) is 0 Å². The van der Waals surface area contributed by atoms with E-state index in [4.69, 9.17) is 4.12 Å². The second-order valence-corrected chi connectivity index (χ2v) is 14.3. The van der Waals surface area contributed by atoms with Crippen molar-refractivity contribution < 1.29 is 39.9 Å². The monoisotopic (exact) mass is 502 g/mol. The Hall–Kier alpha value is -3.03. The fourth-order valence-corrected chi connectivity index (χ4v) is 10.1. The molecule has 0 spiro atoms. The minimum atomic E-state index is -2.83. The normalized spacial score (nSPS) is 14.3. The molecule has 0 bridgehead atoms. The van der Waals surface area contributed by atoms with Crippen molar-refractivity contribution in [2.75, 3.05) is 0 Å². The number of ether oxygens (including phenoxy) is 2. The number of hydrogen-bond donors (Lipinski definition) is 0. The van der Waals surface area contributed by atoms with Gasteiger partial charge in [-0.25, -0.2) is 0 Å². The minimum Gasteiger partial charge on any atom is -0.443 e. The summed E-state index contributed by atoms with van der Waals surface area (Å²) >= 11 is 0. The second-order valence-electron chi connectivity index (χ2n) is 7.05. The smallest absolute Gasteiger partial charge is 0.344 e. The summed E-state index contributed by atoms with van der Waals surface area (Å²) in [5, 5.41) is 1.42. The lowest BCUT2D eigenvalue weighted by Crippen LogP contribution is -2.59. The van der Waals surface area contributed by atoms with Gasteiger partial charge in [-0.15, -0.1) is 13.2 Å². The number of hydrogen-bond acceptors (Lipinski definition) is 3. The molecule has 0 heterocycles. The van der Waals surface area contributed by atoms with Crippen LogP contribution in [-0.2, 0) is 4.12 Å². The summed E-state index contributed by atoms with van der Waals surface area (Å²) in [5.74, 6) is -0.232. The van der Waals surface area contributed by atoms with E-state index >= 15 is 0 Å². The molecule has 2 atom stereocenters. The van der Waals surface area contributed by atoms with Gasteiger partial charge in [0.1, 0.15) is 11.5 Å². The fourth-order valence-electron chi connectivity index (χ4n) is 2.87. The van der Waals surface area contributed by atoms with Crippen LogP contribution in [0.4, 0.5) is 26.3 Å². The molecule has 0 aliphatic rings. The van der Waals surface area contributed by atoms with E-state index in [-0.39, 0.29) is 11.5 Å². The first-order chi connectivity index (χ1) is 15.4. The Balaban J connectivity index is 2.30. The SMILES string of the molecule is C=C[Si](C)(O[Si](C)(C=C)c1ccc(OC(F)=C(F)F)cc1)c1ccc(OC(F)=C(F)F)cc1. The molecule has 11 heteroatoms. The molecule has 2 unspecified atom stereocenters. The summed E-state index contributed by atoms with van der Waals surface area (Å²) in [5.41, 5.74) is 3.34. The van der Waals surface area contributed by atoms with E-state index in [0.29, 0.717) is 10.4 Å². The van der Waals surface area contributed by atoms with Crippen molar-refractivity contribution in [2.24, 2.45) is 0 Å². The average molecular weight is 503 g/mol. The first kappa shape index (κ1) is 26.2. The molecule has 0 aliphatic heterocycles. The zero-order valence-electron chi connectivity index (χ0n) is 17.7. The van der Waals surface area contributed by atoms with Crippen molar-refractivity contribution in [3.8, 4) is 11.5 Å². The Morgan fingerprint density at radius 1 is 0.636 bits per heavy atom. The summed E-state index contributed by atoms with van der Waals surface area (Å²) in [6.45, 7) is 11.4. The van der Waals surface area contributed by atoms with Gasteiger partial charge in [0.2, 0.25) is 16.6 Å². The molecule has 2 aromatic rings. The summed E-state index contributed by atoms with van der Waals surface area (Å²) in [4.78, 5) is 0. The summed E-state index contributed by atoms with van der Waals surface area (Å²) in [7, 11) is -5.66. The molecule has 0 saturated heterocycles. The van der Waals surface area contributed by atoms with E-state index in [1.165, 1.54) is 24.3 Å². The highest BCUT2D eigenvalue weighted by molar-refractivity contribution is 7.01. The third-order valence-corrected chi connectivity index (χ3v) is 12.7. The fraction of sp³-hybridized carbons (Fsp3) is 0.0909. The van der Waals surface area contributed by atoms with E-state index < -0.39 is 40.8 Å². The van der Waals surface area contributed by atoms with Crippen LogP contribution in [0, 0.1) is 0 Å². The molecule has 2 rings (SSSR count). The van der Waals surface area contributed by atoms with E-state index in [0.717, 1.165) is 0 Å². The standard InChI is InChI=1S/C22H20F6O3Si2/c1-5-32(3,17-11-7-15(8-12-17)29-21(27)19(23)24)31-33(4,6-2)18-13-9-16(10-14-18)30-22(28)20(25)26/h5-14H,1-2H2,3-4H3. The molecule has 0 radical (unpaired) electrons. The van der Waals surface area contributed by atoms with Crippen LogP contribution < -0.4 is 19.8 Å². The summed E-state index contributed by atoms with van der Waals surface area (Å²) in [6.07, 6.45) is -5.13. The molecule has 3 nitrogen and oxygen atoms in total. The minimum absolute atomic E-state index is 0.116. The highest BCUT2D eigenvalue weighted by Gasteiger charge is 2.39. The van der Waals surface area contributed by atoms with Crippen molar-refractivity contribution in [3.05, 3.63) is 97.3 Å². The Labute approximate surface area is 189 Å². The van der Waals surface area contributed by atoms with Crippen molar-refractivity contribution in [3.63, 3.8) is 0 Å². The van der Waals surface area contributed by atoms with Crippen LogP contribution in [0.5, 0.6) is 11.5 Å². The maximum Gasteiger partial charge on any atom is 0.344 e. The molecule has 0 fully saturated rings. The van der Waals surface area contributed by atoms with E-state index in [9.17, 15) is 26.3 Å². The van der Waals surface area contributed by atoms with Gasteiger partial charge in [-0.05, 0) is 47.7 Å². The zero-order chi connectivity index (χ0) is 24.8. The van der Waals surface area contributed by atoms with Gasteiger partial charge in [0.15, 0.2) is 0 Å². The van der Waals surface area contributed by atoms with Crippen LogP contribution in [0.2, 0.25) is 13.1 Å². The predicted molar refractivity (Wildman–Crippen MR) is 119 cm³/mol. The van der Waals surface area contributed by atoms with Gasteiger partial charge < -0.3 is 13.6 Å². The highest BCUT2D eigenvalue weighted by atomic mass is 28.4. The first-order valence-electron chi connectivity index (χ1n) is 9.40. The Morgan fingerprint density at radius 2 is 0.939 bits per heavy atom. The van der Waals surface area contributed by atoms with Crippen molar-refractivity contribution in [2.45, 2.75) is 13.1 Å². The molecule has 2 aromatic carbocycles. The van der Waals surface area contributed by atoms with Crippen LogP contribution >= 0.6 is 0 Å². The molecule has 0 saturated carbocycles. The molecule has 33 heavy (non-hydrogen) atoms. The van der Waals surface area contributed by atoms with Gasteiger partial charge >= 0.3 is 24.2 Å². The van der Waals surface area contributed by atoms with Crippen LogP contribution in [0.15, 0.2) is 97.3 Å². The molecule has 0 aliphatic carbocycles. The third-order valence-electron chi connectivity index (χ3n) is 4.77. The molecule has 0 aromatic heterocycles. The number of halogens is 6. The lowest BCUT2D eigenvalue weighted by Gasteiger charge is -2.35. The van der Waals surface area contributed by atoms with Crippen molar-refractivity contribution in [1.29, 1.82) is 0 Å². The van der Waals surface area contributed by atoms with E-state index in [1.807, 2.05) is 13.1 Å². The zero-order valence-corrected chi connectivity index (χ0v) is 19.7. The Kier molecular flexibility index (Phi) is 8.53. The van der Waals surface area contributed by atoms with Gasteiger partial charge in [-0.1, -0.05) is 35.7 Å². The maximum absolute atomic E-state index is 13.0. The van der Waals surface area contributed by atoms with Crippen LogP contribution in [0.3, 0.4) is 0 Å².